The molecule has 0 saturated heterocycles. The maximum atomic E-state index is 14.0. The van der Waals surface area contributed by atoms with Gasteiger partial charge in [-0.25, -0.2) is 24.1 Å². The van der Waals surface area contributed by atoms with Gasteiger partial charge in [-0.1, -0.05) is 33.9 Å². The smallest absolute Gasteiger partial charge is 0.462 e. The van der Waals surface area contributed by atoms with Crippen LogP contribution in [0.15, 0.2) is 24.3 Å². The number of carbonyl (C=O) groups excluding carboxylic acids is 4. The predicted octanol–water partition coefficient (Wildman–Crippen LogP) is 4.23. The van der Waals surface area contributed by atoms with Gasteiger partial charge in [-0.3, -0.25) is 0 Å². The zero-order valence-electron chi connectivity index (χ0n) is 27.1. The monoisotopic (exact) mass is 617 g/mol. The number of rotatable bonds is 21. The summed E-state index contributed by atoms with van der Waals surface area (Å²) in [4.78, 5) is 55.3. The highest BCUT2D eigenvalue weighted by Crippen LogP contribution is 2.39. The summed E-state index contributed by atoms with van der Waals surface area (Å²) in [5, 5.41) is 0. The largest absolute Gasteiger partial charge is 0.519 e. The van der Waals surface area contributed by atoms with E-state index in [1.54, 1.807) is 41.5 Å². The van der Waals surface area contributed by atoms with Crippen LogP contribution < -0.4 is 0 Å². The first-order chi connectivity index (χ1) is 19.6. The van der Waals surface area contributed by atoms with E-state index in [0.29, 0.717) is 12.8 Å². The van der Waals surface area contributed by atoms with Crippen LogP contribution in [0.2, 0.25) is 0 Å². The third-order valence-corrected chi connectivity index (χ3v) is 9.53. The minimum atomic E-state index is -3.94. The van der Waals surface area contributed by atoms with Crippen LogP contribution in [0.25, 0.3) is 0 Å². The van der Waals surface area contributed by atoms with Gasteiger partial charge in [0, 0.05) is 44.8 Å². The van der Waals surface area contributed by atoms with Gasteiger partial charge < -0.3 is 32.2 Å². The molecule has 0 aliphatic rings. The van der Waals surface area contributed by atoms with Crippen molar-refractivity contribution in [2.24, 2.45) is 0 Å². The van der Waals surface area contributed by atoms with Gasteiger partial charge in [0.2, 0.25) is 0 Å². The summed E-state index contributed by atoms with van der Waals surface area (Å²) < 4.78 is 41.2. The molecule has 0 radical (unpaired) electrons. The van der Waals surface area contributed by atoms with Crippen molar-refractivity contribution in [3.63, 3.8) is 0 Å². The first kappa shape index (κ1) is 39.4. The number of nitrogens with zero attached hydrogens (tertiary/aromatic N) is 1. The lowest BCUT2D eigenvalue weighted by Crippen LogP contribution is -2.77. The van der Waals surface area contributed by atoms with Gasteiger partial charge in [0.15, 0.2) is 0 Å². The molecule has 0 spiro atoms. The maximum absolute atomic E-state index is 14.0. The average Bonchev–Trinajstić information content (AvgIpc) is 2.92. The lowest BCUT2D eigenvalue weighted by atomic mass is 10.1. The molecule has 0 rings (SSSR count). The summed E-state index contributed by atoms with van der Waals surface area (Å²) in [5.74, 6) is -3.99. The summed E-state index contributed by atoms with van der Waals surface area (Å²) in [7, 11) is -3.94. The Morgan fingerprint density at radius 3 is 1.26 bits per heavy atom. The van der Waals surface area contributed by atoms with Crippen LogP contribution in [0.4, 0.5) is 0 Å². The summed E-state index contributed by atoms with van der Waals surface area (Å²) in [6.45, 7) is 23.5. The molecule has 0 aromatic rings. The van der Waals surface area contributed by atoms with E-state index in [-0.39, 0.29) is 50.6 Å². The Morgan fingerprint density at radius 1 is 0.690 bits per heavy atom. The van der Waals surface area contributed by atoms with Crippen molar-refractivity contribution in [2.75, 3.05) is 33.0 Å². The second-order valence-corrected chi connectivity index (χ2v) is 12.5. The van der Waals surface area contributed by atoms with Crippen molar-refractivity contribution in [1.29, 1.82) is 0 Å². The van der Waals surface area contributed by atoms with Gasteiger partial charge in [0.05, 0.1) is 18.9 Å². The molecule has 0 bridgehead atoms. The molecule has 3 unspecified atom stereocenters. The molecule has 13 heteroatoms. The van der Waals surface area contributed by atoms with Crippen molar-refractivity contribution in [3.8, 4) is 0 Å². The van der Waals surface area contributed by atoms with E-state index in [1.165, 1.54) is 27.7 Å². The Morgan fingerprint density at radius 2 is 1.02 bits per heavy atom. The van der Waals surface area contributed by atoms with Gasteiger partial charge in [-0.15, -0.1) is 0 Å². The molecule has 0 amide bonds. The van der Waals surface area contributed by atoms with Crippen molar-refractivity contribution >= 4 is 32.7 Å². The molecule has 0 heterocycles. The fourth-order valence-corrected chi connectivity index (χ4v) is 7.52. The molecule has 12 nitrogen and oxygen atoms in total. The fourth-order valence-electron chi connectivity index (χ4n) is 4.18. The number of esters is 4. The molecule has 0 fully saturated rings. The van der Waals surface area contributed by atoms with E-state index in [0.717, 1.165) is 4.90 Å². The number of ether oxygens (including phenoxy) is 4. The van der Waals surface area contributed by atoms with Gasteiger partial charge >= 0.3 is 32.7 Å². The Bertz CT molecular complexity index is 881. The second-order valence-electron chi connectivity index (χ2n) is 9.77. The molecule has 0 saturated carbocycles. The molecular formula is C29H51NO11Si. The van der Waals surface area contributed by atoms with Crippen LogP contribution in [0.3, 0.4) is 0 Å². The van der Waals surface area contributed by atoms with Crippen LogP contribution in [0.1, 0.15) is 88.5 Å². The lowest BCUT2D eigenvalue weighted by molar-refractivity contribution is -0.259. The first-order valence-corrected chi connectivity index (χ1v) is 16.3. The van der Waals surface area contributed by atoms with E-state index >= 15 is 0 Å². The Balaban J connectivity index is 8.10. The standard InChI is InChI=1S/C29H51NO11Si/c1-13-19-35-26(33)28(11,40-24(31)21(7)8)30(23(15-3)42(37-16-4,38-17-5)39-18-6)29(12,27(34)36-20-14-2)41-25(32)22(9)10/h23H,7,9,13-20H2,1-6,8,10-12H3. The molecule has 0 aromatic carbocycles. The number of hydrogen-bond donors (Lipinski definition) is 0. The molecular weight excluding hydrogens is 566 g/mol. The second kappa shape index (κ2) is 18.2. The van der Waals surface area contributed by atoms with Gasteiger partial charge in [-0.2, -0.15) is 0 Å². The molecule has 242 valence electrons. The normalized spacial score (nSPS) is 15.1. The highest BCUT2D eigenvalue weighted by Gasteiger charge is 2.67. The SMILES string of the molecule is C=C(C)C(=O)OC(C)(C(=O)OCCC)N(C(CC)[Si](OCC)(OCC)OCC)C(C)(OC(=O)C(=C)C)C(=O)OCCC. The molecule has 0 aliphatic carbocycles. The van der Waals surface area contributed by atoms with Crippen molar-refractivity contribution in [3.05, 3.63) is 24.3 Å². The summed E-state index contributed by atoms with van der Waals surface area (Å²) >= 11 is 0. The van der Waals surface area contributed by atoms with Gasteiger partial charge in [-0.05, 0) is 53.9 Å². The molecule has 0 aliphatic heterocycles. The molecule has 0 N–H and O–H groups in total. The van der Waals surface area contributed by atoms with Crippen LogP contribution >= 0.6 is 0 Å². The van der Waals surface area contributed by atoms with Crippen molar-refractivity contribution in [1.82, 2.24) is 4.90 Å². The highest BCUT2D eigenvalue weighted by atomic mass is 28.4. The van der Waals surface area contributed by atoms with Crippen molar-refractivity contribution in [2.45, 2.75) is 106 Å². The molecule has 0 aromatic heterocycles. The quantitative estimate of drug-likeness (QED) is 0.0599. The molecule has 42 heavy (non-hydrogen) atoms. The van der Waals surface area contributed by atoms with E-state index in [9.17, 15) is 19.2 Å². The Hall–Kier alpha value is -2.58. The van der Waals surface area contributed by atoms with E-state index in [2.05, 4.69) is 13.2 Å². The van der Waals surface area contributed by atoms with Crippen LogP contribution in [0, 0.1) is 0 Å². The third-order valence-electron chi connectivity index (χ3n) is 5.97. The average molecular weight is 618 g/mol. The number of carbonyl (C=O) groups is 4. The van der Waals surface area contributed by atoms with E-state index in [1.807, 2.05) is 0 Å². The van der Waals surface area contributed by atoms with Crippen molar-refractivity contribution < 1.29 is 51.4 Å². The lowest BCUT2D eigenvalue weighted by Gasteiger charge is -2.52. The summed E-state index contributed by atoms with van der Waals surface area (Å²) in [6, 6.07) is 0. The first-order valence-electron chi connectivity index (χ1n) is 14.4. The Kier molecular flexibility index (Phi) is 17.0. The zero-order valence-corrected chi connectivity index (χ0v) is 28.1. The molecule has 3 atom stereocenters. The van der Waals surface area contributed by atoms with Gasteiger partial charge in [0.1, 0.15) is 0 Å². The van der Waals surface area contributed by atoms with Crippen LogP contribution in [0.5, 0.6) is 0 Å². The fraction of sp³-hybridized carbons (Fsp3) is 0.724. The third kappa shape index (κ3) is 9.73. The summed E-state index contributed by atoms with van der Waals surface area (Å²) in [6.07, 6.45) is 1.02. The maximum Gasteiger partial charge on any atom is 0.519 e. The Labute approximate surface area is 252 Å². The van der Waals surface area contributed by atoms with E-state index in [4.69, 9.17) is 32.2 Å². The zero-order chi connectivity index (χ0) is 32.7. The summed E-state index contributed by atoms with van der Waals surface area (Å²) in [5.41, 5.74) is -6.01. The van der Waals surface area contributed by atoms with E-state index < -0.39 is 49.8 Å². The minimum absolute atomic E-state index is 0.0306. The predicted molar refractivity (Wildman–Crippen MR) is 158 cm³/mol. The van der Waals surface area contributed by atoms with Gasteiger partial charge in [0.25, 0.3) is 11.4 Å². The topological polar surface area (TPSA) is 136 Å². The highest BCUT2D eigenvalue weighted by molar-refractivity contribution is 6.62. The van der Waals surface area contributed by atoms with Crippen LogP contribution in [-0.2, 0) is 51.4 Å². The minimum Gasteiger partial charge on any atom is -0.462 e. The van der Waals surface area contributed by atoms with Crippen LogP contribution in [-0.4, -0.2) is 87.7 Å². The number of hydrogen-bond acceptors (Lipinski definition) is 12.